The van der Waals surface area contributed by atoms with E-state index in [1.165, 1.54) is 6.92 Å². The molecule has 2 aromatic rings. The van der Waals surface area contributed by atoms with Crippen LogP contribution in [0.4, 0.5) is 0 Å². The van der Waals surface area contributed by atoms with Crippen molar-refractivity contribution in [3.05, 3.63) is 53.1 Å². The SMILES string of the molecule is C=C(COC(C)=O)C1Cc2c(ccc3c2O[C@@H]2COc4cc(OC)c(OC)cc4[C@@H]2C3=O)O1. The highest BCUT2D eigenvalue weighted by atomic mass is 16.5. The molecule has 0 spiro atoms. The van der Waals surface area contributed by atoms with Gasteiger partial charge in [-0.05, 0) is 18.2 Å². The first kappa shape index (κ1) is 21.2. The number of Topliss-reactive ketones (excluding diaryl/α,β-unsaturated/α-hetero) is 1. The number of hydrogen-bond donors (Lipinski definition) is 0. The van der Waals surface area contributed by atoms with Crippen molar-refractivity contribution in [2.45, 2.75) is 31.5 Å². The Labute approximate surface area is 191 Å². The fraction of sp³-hybridized carbons (Fsp3) is 0.360. The molecule has 3 atom stereocenters. The topological polar surface area (TPSA) is 89.5 Å². The van der Waals surface area contributed by atoms with Gasteiger partial charge >= 0.3 is 5.97 Å². The molecule has 0 saturated heterocycles. The van der Waals surface area contributed by atoms with Gasteiger partial charge < -0.3 is 28.4 Å². The highest BCUT2D eigenvalue weighted by Gasteiger charge is 2.45. The average molecular weight is 452 g/mol. The fourth-order valence-electron chi connectivity index (χ4n) is 4.58. The Bertz CT molecular complexity index is 1170. The minimum Gasteiger partial charge on any atom is -0.493 e. The number of carbonyl (C=O) groups excluding carboxylic acids is 2. The first-order chi connectivity index (χ1) is 15.9. The van der Waals surface area contributed by atoms with Crippen LogP contribution in [0.25, 0.3) is 0 Å². The number of rotatable bonds is 5. The lowest BCUT2D eigenvalue weighted by molar-refractivity contribution is -0.140. The van der Waals surface area contributed by atoms with Gasteiger partial charge in [-0.15, -0.1) is 0 Å². The molecule has 2 aromatic carbocycles. The maximum Gasteiger partial charge on any atom is 0.302 e. The summed E-state index contributed by atoms with van der Waals surface area (Å²) in [6.07, 6.45) is -0.362. The Balaban J connectivity index is 1.46. The van der Waals surface area contributed by atoms with Crippen LogP contribution in [0.1, 0.15) is 34.3 Å². The Kier molecular flexibility index (Phi) is 5.15. The van der Waals surface area contributed by atoms with Crippen LogP contribution in [0.2, 0.25) is 0 Å². The van der Waals surface area contributed by atoms with Gasteiger partial charge in [-0.2, -0.15) is 0 Å². The number of ketones is 1. The maximum absolute atomic E-state index is 13.6. The van der Waals surface area contributed by atoms with Crippen LogP contribution in [0.15, 0.2) is 36.4 Å². The molecule has 8 nitrogen and oxygen atoms in total. The highest BCUT2D eigenvalue weighted by molar-refractivity contribution is 6.06. The number of ether oxygens (including phenoxy) is 6. The largest absolute Gasteiger partial charge is 0.493 e. The van der Waals surface area contributed by atoms with E-state index in [4.69, 9.17) is 28.4 Å². The molecule has 0 aromatic heterocycles. The molecule has 8 heteroatoms. The highest BCUT2D eigenvalue weighted by Crippen LogP contribution is 2.49. The monoisotopic (exact) mass is 452 g/mol. The summed E-state index contributed by atoms with van der Waals surface area (Å²) in [5.74, 6) is 1.87. The quantitative estimate of drug-likeness (QED) is 0.505. The second-order valence-corrected chi connectivity index (χ2v) is 8.22. The van der Waals surface area contributed by atoms with Crippen LogP contribution in [-0.4, -0.2) is 51.4 Å². The normalized spacial score (nSPS) is 21.8. The van der Waals surface area contributed by atoms with E-state index in [1.807, 2.05) is 0 Å². The van der Waals surface area contributed by atoms with Gasteiger partial charge in [0.15, 0.2) is 17.3 Å². The van der Waals surface area contributed by atoms with E-state index < -0.39 is 12.0 Å². The van der Waals surface area contributed by atoms with Crippen molar-refractivity contribution in [1.29, 1.82) is 0 Å². The molecule has 1 unspecified atom stereocenters. The second kappa shape index (κ2) is 8.03. The van der Waals surface area contributed by atoms with Gasteiger partial charge in [0, 0.05) is 36.1 Å². The van der Waals surface area contributed by atoms with Gasteiger partial charge in [0.05, 0.1) is 25.7 Å². The Morgan fingerprint density at radius 3 is 2.61 bits per heavy atom. The van der Waals surface area contributed by atoms with Crippen LogP contribution < -0.4 is 23.7 Å². The number of benzene rings is 2. The van der Waals surface area contributed by atoms with Gasteiger partial charge in [0.2, 0.25) is 0 Å². The zero-order chi connectivity index (χ0) is 23.3. The summed E-state index contributed by atoms with van der Waals surface area (Å²) < 4.78 is 34.1. The molecule has 3 aliphatic rings. The molecule has 3 heterocycles. The van der Waals surface area contributed by atoms with Gasteiger partial charge in [0.25, 0.3) is 0 Å². The van der Waals surface area contributed by atoms with Crippen LogP contribution in [0, 0.1) is 0 Å². The van der Waals surface area contributed by atoms with Crippen molar-refractivity contribution >= 4 is 11.8 Å². The smallest absolute Gasteiger partial charge is 0.302 e. The molecule has 3 aliphatic heterocycles. The Morgan fingerprint density at radius 2 is 1.88 bits per heavy atom. The molecule has 0 aliphatic carbocycles. The van der Waals surface area contributed by atoms with Gasteiger partial charge in [0.1, 0.15) is 42.7 Å². The van der Waals surface area contributed by atoms with E-state index in [1.54, 1.807) is 38.5 Å². The third kappa shape index (κ3) is 3.46. The van der Waals surface area contributed by atoms with Crippen LogP contribution in [-0.2, 0) is 16.0 Å². The van der Waals surface area contributed by atoms with E-state index in [0.29, 0.717) is 51.9 Å². The minimum absolute atomic E-state index is 0.0389. The third-order valence-corrected chi connectivity index (χ3v) is 6.24. The molecular weight excluding hydrogens is 428 g/mol. The predicted octanol–water partition coefficient (Wildman–Crippen LogP) is 3.25. The number of carbonyl (C=O) groups is 2. The lowest BCUT2D eigenvalue weighted by Crippen LogP contribution is -2.43. The van der Waals surface area contributed by atoms with Gasteiger partial charge in [-0.3, -0.25) is 9.59 Å². The molecule has 5 rings (SSSR count). The van der Waals surface area contributed by atoms with Crippen molar-refractivity contribution in [1.82, 2.24) is 0 Å². The molecule has 33 heavy (non-hydrogen) atoms. The van der Waals surface area contributed by atoms with E-state index in [-0.39, 0.29) is 31.1 Å². The first-order valence-corrected chi connectivity index (χ1v) is 10.6. The van der Waals surface area contributed by atoms with Crippen LogP contribution in [0.5, 0.6) is 28.7 Å². The molecule has 0 radical (unpaired) electrons. The zero-order valence-electron chi connectivity index (χ0n) is 18.6. The minimum atomic E-state index is -0.517. The zero-order valence-corrected chi connectivity index (χ0v) is 18.6. The third-order valence-electron chi connectivity index (χ3n) is 6.24. The molecule has 172 valence electrons. The summed E-state index contributed by atoms with van der Waals surface area (Å²) in [6.45, 7) is 5.64. The number of esters is 1. The lowest BCUT2D eigenvalue weighted by Gasteiger charge is -2.37. The average Bonchev–Trinajstić information content (AvgIpc) is 3.26. The molecule has 0 N–H and O–H groups in total. The van der Waals surface area contributed by atoms with E-state index in [9.17, 15) is 9.59 Å². The van der Waals surface area contributed by atoms with Crippen molar-refractivity contribution < 1.29 is 38.0 Å². The molecule has 0 fully saturated rings. The summed E-state index contributed by atoms with van der Waals surface area (Å²) >= 11 is 0. The van der Waals surface area contributed by atoms with Crippen LogP contribution in [0.3, 0.4) is 0 Å². The lowest BCUT2D eigenvalue weighted by atomic mass is 9.81. The van der Waals surface area contributed by atoms with Gasteiger partial charge in [-0.1, -0.05) is 6.58 Å². The second-order valence-electron chi connectivity index (χ2n) is 8.22. The number of hydrogen-bond acceptors (Lipinski definition) is 8. The molecule has 0 amide bonds. The van der Waals surface area contributed by atoms with Crippen LogP contribution >= 0.6 is 0 Å². The van der Waals surface area contributed by atoms with E-state index in [2.05, 4.69) is 6.58 Å². The van der Waals surface area contributed by atoms with E-state index >= 15 is 0 Å². The molecule has 0 bridgehead atoms. The van der Waals surface area contributed by atoms with Crippen molar-refractivity contribution in [3.8, 4) is 28.7 Å². The number of fused-ring (bicyclic) bond motifs is 6. The summed E-state index contributed by atoms with van der Waals surface area (Å²) in [4.78, 5) is 24.8. The van der Waals surface area contributed by atoms with Crippen molar-refractivity contribution in [2.24, 2.45) is 0 Å². The Morgan fingerprint density at radius 1 is 1.12 bits per heavy atom. The van der Waals surface area contributed by atoms with E-state index in [0.717, 1.165) is 5.56 Å². The van der Waals surface area contributed by atoms with Crippen molar-refractivity contribution in [2.75, 3.05) is 27.4 Å². The summed E-state index contributed by atoms with van der Waals surface area (Å²) in [5, 5.41) is 0. The standard InChI is InChI=1S/C25H24O8/c1-12(10-30-13(2)26)18-8-16-17(32-18)6-5-14-24(27)23-15-7-20(28-3)21(29-4)9-19(15)31-11-22(23)33-25(14)16/h5-7,9,18,22-23H,1,8,10-11H2,2-4H3/t18?,22-,23+/m1/s1. The number of methoxy groups -OCH3 is 2. The maximum atomic E-state index is 13.6. The Hall–Kier alpha value is -3.68. The molecular formula is C25H24O8. The summed E-state index contributed by atoms with van der Waals surface area (Å²) in [6, 6.07) is 7.04. The van der Waals surface area contributed by atoms with Crippen molar-refractivity contribution in [3.63, 3.8) is 0 Å². The first-order valence-electron chi connectivity index (χ1n) is 10.6. The molecule has 0 saturated carbocycles. The van der Waals surface area contributed by atoms with Gasteiger partial charge in [-0.25, -0.2) is 0 Å². The fourth-order valence-corrected chi connectivity index (χ4v) is 4.58. The summed E-state index contributed by atoms with van der Waals surface area (Å²) in [5.41, 5.74) is 2.67. The summed E-state index contributed by atoms with van der Waals surface area (Å²) in [7, 11) is 3.10. The predicted molar refractivity (Wildman–Crippen MR) is 117 cm³/mol.